The van der Waals surface area contributed by atoms with E-state index in [2.05, 4.69) is 22.1 Å². The zero-order valence-electron chi connectivity index (χ0n) is 19.5. The minimum atomic E-state index is -0.844. The molecular formula is C31H26N2O3. The molecule has 0 amide bonds. The van der Waals surface area contributed by atoms with Crippen LogP contribution in [0.15, 0.2) is 103 Å². The quantitative estimate of drug-likeness (QED) is 0.190. The van der Waals surface area contributed by atoms with E-state index in [9.17, 15) is 15.3 Å². The highest BCUT2D eigenvalue weighted by Gasteiger charge is 2.23. The van der Waals surface area contributed by atoms with Gasteiger partial charge in [-0.25, -0.2) is 0 Å². The molecule has 2 aromatic heterocycles. The maximum absolute atomic E-state index is 11.1. The molecule has 0 spiro atoms. The minimum absolute atomic E-state index is 0.0468. The van der Waals surface area contributed by atoms with Crippen LogP contribution >= 0.6 is 0 Å². The molecule has 0 radical (unpaired) electrons. The summed E-state index contributed by atoms with van der Waals surface area (Å²) in [4.78, 5) is 6.53. The predicted octanol–water partition coefficient (Wildman–Crippen LogP) is 6.52. The number of aromatic amines is 2. The maximum Gasteiger partial charge on any atom is 0.125 e. The van der Waals surface area contributed by atoms with Crippen molar-refractivity contribution >= 4 is 21.8 Å². The van der Waals surface area contributed by atoms with E-state index in [0.29, 0.717) is 17.4 Å². The lowest BCUT2D eigenvalue weighted by molar-refractivity contribution is 0.221. The first-order chi connectivity index (χ1) is 17.6. The summed E-state index contributed by atoms with van der Waals surface area (Å²) in [5.41, 5.74) is 6.12. The molecule has 2 atom stereocenters. The number of aliphatic hydroxyl groups excluding tert-OH is 1. The van der Waals surface area contributed by atoms with Crippen molar-refractivity contribution < 1.29 is 15.3 Å². The molecule has 4 aromatic carbocycles. The summed E-state index contributed by atoms with van der Waals surface area (Å²) in [6.45, 7) is 0. The number of nitrogens with one attached hydrogen (secondary N) is 2. The van der Waals surface area contributed by atoms with Gasteiger partial charge in [0.2, 0.25) is 0 Å². The van der Waals surface area contributed by atoms with Crippen LogP contribution in [-0.4, -0.2) is 25.3 Å². The van der Waals surface area contributed by atoms with Gasteiger partial charge in [0.1, 0.15) is 17.6 Å². The van der Waals surface area contributed by atoms with Crippen molar-refractivity contribution in [1.29, 1.82) is 0 Å². The van der Waals surface area contributed by atoms with Crippen molar-refractivity contribution in [1.82, 2.24) is 9.97 Å². The van der Waals surface area contributed by atoms with Gasteiger partial charge in [-0.05, 0) is 52.9 Å². The molecule has 178 valence electrons. The number of aliphatic hydroxyl groups is 1. The fraction of sp³-hybridized carbons (Fsp3) is 0.0968. The van der Waals surface area contributed by atoms with Crippen LogP contribution in [0.2, 0.25) is 0 Å². The smallest absolute Gasteiger partial charge is 0.125 e. The molecule has 6 aromatic rings. The van der Waals surface area contributed by atoms with Crippen molar-refractivity contribution in [3.05, 3.63) is 131 Å². The monoisotopic (exact) mass is 474 g/mol. The van der Waals surface area contributed by atoms with Gasteiger partial charge < -0.3 is 25.3 Å². The lowest BCUT2D eigenvalue weighted by Crippen LogP contribution is -2.05. The third-order valence-corrected chi connectivity index (χ3v) is 6.99. The number of phenols is 2. The second-order valence-electron chi connectivity index (χ2n) is 9.21. The van der Waals surface area contributed by atoms with Gasteiger partial charge in [-0.1, -0.05) is 66.7 Å². The molecule has 0 saturated heterocycles. The second kappa shape index (κ2) is 8.95. The molecule has 2 unspecified atom stereocenters. The summed E-state index contributed by atoms with van der Waals surface area (Å²) in [6.07, 6.45) is 3.49. The van der Waals surface area contributed by atoms with Gasteiger partial charge in [0.25, 0.3) is 0 Å². The molecule has 0 aliphatic heterocycles. The van der Waals surface area contributed by atoms with Gasteiger partial charge in [-0.3, -0.25) is 0 Å². The van der Waals surface area contributed by atoms with E-state index >= 15 is 0 Å². The Morgan fingerprint density at radius 2 is 1.25 bits per heavy atom. The molecular weight excluding hydrogens is 448 g/mol. The van der Waals surface area contributed by atoms with Crippen molar-refractivity contribution in [3.8, 4) is 11.5 Å². The molecule has 0 bridgehead atoms. The van der Waals surface area contributed by atoms with Crippen molar-refractivity contribution in [3.63, 3.8) is 0 Å². The van der Waals surface area contributed by atoms with E-state index in [1.165, 1.54) is 0 Å². The zero-order chi connectivity index (χ0) is 24.6. The van der Waals surface area contributed by atoms with E-state index in [1.54, 1.807) is 18.3 Å². The van der Waals surface area contributed by atoms with Crippen molar-refractivity contribution in [2.24, 2.45) is 0 Å². The van der Waals surface area contributed by atoms with Gasteiger partial charge >= 0.3 is 0 Å². The van der Waals surface area contributed by atoms with E-state index < -0.39 is 6.10 Å². The first-order valence-corrected chi connectivity index (χ1v) is 12.0. The van der Waals surface area contributed by atoms with Gasteiger partial charge in [0, 0.05) is 45.7 Å². The number of hydrogen-bond donors (Lipinski definition) is 5. The topological polar surface area (TPSA) is 92.3 Å². The molecule has 0 fully saturated rings. The number of rotatable bonds is 6. The Morgan fingerprint density at radius 1 is 0.611 bits per heavy atom. The van der Waals surface area contributed by atoms with Gasteiger partial charge in [0.15, 0.2) is 0 Å². The zero-order valence-corrected chi connectivity index (χ0v) is 19.5. The molecule has 0 aliphatic carbocycles. The van der Waals surface area contributed by atoms with Crippen LogP contribution in [0.25, 0.3) is 21.8 Å². The third-order valence-electron chi connectivity index (χ3n) is 6.99. The molecule has 6 rings (SSSR count). The molecule has 2 heterocycles. The Balaban J connectivity index is 1.42. The number of phenolic OH excluding ortho intramolecular Hbond substituents is 2. The highest BCUT2D eigenvalue weighted by Crippen LogP contribution is 2.40. The number of aromatic hydroxyl groups is 2. The van der Waals surface area contributed by atoms with E-state index in [4.69, 9.17) is 0 Å². The van der Waals surface area contributed by atoms with Crippen LogP contribution in [0.3, 0.4) is 0 Å². The lowest BCUT2D eigenvalue weighted by Gasteiger charge is -2.18. The van der Waals surface area contributed by atoms with E-state index in [1.807, 2.05) is 72.9 Å². The average molecular weight is 475 g/mol. The molecule has 5 N–H and O–H groups in total. The Labute approximate surface area is 208 Å². The van der Waals surface area contributed by atoms with Crippen molar-refractivity contribution in [2.75, 3.05) is 0 Å². The van der Waals surface area contributed by atoms with Gasteiger partial charge in [-0.15, -0.1) is 0 Å². The van der Waals surface area contributed by atoms with Crippen molar-refractivity contribution in [2.45, 2.75) is 18.4 Å². The minimum Gasteiger partial charge on any atom is -0.507 e. The van der Waals surface area contributed by atoms with Crippen LogP contribution < -0.4 is 0 Å². The summed E-state index contributed by atoms with van der Waals surface area (Å²) < 4.78 is 0. The van der Waals surface area contributed by atoms with Crippen LogP contribution in [0.5, 0.6) is 11.5 Å². The fourth-order valence-electron chi connectivity index (χ4n) is 5.27. The highest BCUT2D eigenvalue weighted by molar-refractivity contribution is 5.91. The molecule has 5 nitrogen and oxygen atoms in total. The SMILES string of the molecule is Oc1cc(CC(c2ccccc2)c2c[nH]c3cccc(O)c23)cc2[nH]cc(C(O)c3ccccc3)c12. The largest absolute Gasteiger partial charge is 0.507 e. The standard InChI is InChI=1S/C31H26N2O3/c34-27-13-7-12-25-29(27)23(17-32-25)22(20-8-3-1-4-9-20)14-19-15-26-30(28(35)16-19)24(18-33-26)31(36)21-10-5-2-6-11-21/h1-13,15-18,22,31-36H,14H2. The Bertz CT molecular complexity index is 1650. The number of benzene rings is 4. The van der Waals surface area contributed by atoms with Crippen LogP contribution in [0.4, 0.5) is 0 Å². The first kappa shape index (κ1) is 22.0. The summed E-state index contributed by atoms with van der Waals surface area (Å²) in [5.74, 6) is 0.323. The molecule has 36 heavy (non-hydrogen) atoms. The summed E-state index contributed by atoms with van der Waals surface area (Å²) in [6, 6.07) is 28.9. The van der Waals surface area contributed by atoms with Crippen LogP contribution in [0.1, 0.15) is 39.8 Å². The molecule has 0 aliphatic rings. The Morgan fingerprint density at radius 3 is 2.00 bits per heavy atom. The number of hydrogen-bond acceptors (Lipinski definition) is 3. The van der Waals surface area contributed by atoms with Crippen LogP contribution in [0, 0.1) is 0 Å². The molecule has 5 heteroatoms. The summed E-state index contributed by atoms with van der Waals surface area (Å²) in [7, 11) is 0. The number of H-pyrrole nitrogens is 2. The summed E-state index contributed by atoms with van der Waals surface area (Å²) in [5, 5.41) is 34.1. The predicted molar refractivity (Wildman–Crippen MR) is 142 cm³/mol. The number of fused-ring (bicyclic) bond motifs is 2. The Kier molecular flexibility index (Phi) is 5.47. The van der Waals surface area contributed by atoms with Crippen LogP contribution in [-0.2, 0) is 6.42 Å². The Hall–Kier alpha value is -4.48. The first-order valence-electron chi connectivity index (χ1n) is 12.0. The van der Waals surface area contributed by atoms with Gasteiger partial charge in [0.05, 0.1) is 0 Å². The van der Waals surface area contributed by atoms with E-state index in [0.717, 1.165) is 38.7 Å². The fourth-order valence-corrected chi connectivity index (χ4v) is 5.27. The third kappa shape index (κ3) is 3.80. The highest BCUT2D eigenvalue weighted by atomic mass is 16.3. The lowest BCUT2D eigenvalue weighted by atomic mass is 9.85. The van der Waals surface area contributed by atoms with E-state index in [-0.39, 0.29) is 17.4 Å². The van der Waals surface area contributed by atoms with Gasteiger partial charge in [-0.2, -0.15) is 0 Å². The second-order valence-corrected chi connectivity index (χ2v) is 9.21. The maximum atomic E-state index is 11.1. The summed E-state index contributed by atoms with van der Waals surface area (Å²) >= 11 is 0. The number of aromatic nitrogens is 2. The average Bonchev–Trinajstić information content (AvgIpc) is 3.54. The normalized spacial score (nSPS) is 13.2. The molecule has 0 saturated carbocycles.